The van der Waals surface area contributed by atoms with Gasteiger partial charge in [0.05, 0.1) is 0 Å². The van der Waals surface area contributed by atoms with E-state index in [2.05, 4.69) is 0 Å². The van der Waals surface area contributed by atoms with E-state index < -0.39 is 0 Å². The quantitative estimate of drug-likeness (QED) is 0.285. The summed E-state index contributed by atoms with van der Waals surface area (Å²) in [5, 5.41) is 0. The van der Waals surface area contributed by atoms with Crippen molar-refractivity contribution in [3.05, 3.63) is 0 Å². The molecular formula is H8MgO3. The minimum atomic E-state index is 0. The molecule has 0 heterocycles. The van der Waals surface area contributed by atoms with Crippen LogP contribution in [0.2, 0.25) is 0 Å². The van der Waals surface area contributed by atoms with Gasteiger partial charge < -0.3 is 19.3 Å². The van der Waals surface area contributed by atoms with Gasteiger partial charge in [-0.1, -0.05) is 0 Å². The molecule has 0 aromatic carbocycles. The first kappa shape index (κ1) is 148. The average Bonchev–Trinajstić information content (AvgIpc) is 0. The average molecular weight is 80.4 g/mol. The van der Waals surface area contributed by atoms with Gasteiger partial charge in [-0.05, 0) is 0 Å². The maximum Gasteiger partial charge on any atom is 2.00 e. The van der Waals surface area contributed by atoms with Crippen LogP contribution < -0.4 is 0 Å². The zero-order valence-corrected chi connectivity index (χ0v) is 3.62. The van der Waals surface area contributed by atoms with Crippen molar-refractivity contribution in [1.29, 1.82) is 0 Å². The maximum atomic E-state index is 0. The fraction of sp³-hybridized carbons (Fsp3) is 0. The van der Waals surface area contributed by atoms with Crippen LogP contribution in [-0.2, 0) is 0 Å². The van der Waals surface area contributed by atoms with E-state index in [9.17, 15) is 0 Å². The van der Waals surface area contributed by atoms with Crippen LogP contribution in [0.3, 0.4) is 0 Å². The van der Waals surface area contributed by atoms with E-state index in [-0.39, 0.29) is 42.3 Å². The van der Waals surface area contributed by atoms with Crippen LogP contribution in [0, 0.1) is 0 Å². The molecule has 0 bridgehead atoms. The van der Waals surface area contributed by atoms with Crippen LogP contribution in [0.1, 0.15) is 2.85 Å². The molecule has 4 heteroatoms. The second kappa shape index (κ2) is 61.1. The van der Waals surface area contributed by atoms with Gasteiger partial charge in [-0.25, -0.2) is 0 Å². The molecular weight excluding hydrogens is 72.3 g/mol. The largest absolute Gasteiger partial charge is 2.00 e. The van der Waals surface area contributed by atoms with Gasteiger partial charge in [0.1, 0.15) is 0 Å². The van der Waals surface area contributed by atoms with Crippen LogP contribution in [0.5, 0.6) is 0 Å². The summed E-state index contributed by atoms with van der Waals surface area (Å²) in [6, 6.07) is 0. The third-order valence-electron chi connectivity index (χ3n) is 0. The fourth-order valence-corrected chi connectivity index (χ4v) is 0. The molecule has 0 aliphatic rings. The van der Waals surface area contributed by atoms with Crippen LogP contribution in [0.4, 0.5) is 0 Å². The molecule has 0 radical (unpaired) electrons. The number of rotatable bonds is 0. The predicted molar refractivity (Wildman–Crippen MR) is 18.8 cm³/mol. The minimum absolute atomic E-state index is 0. The van der Waals surface area contributed by atoms with Crippen molar-refractivity contribution in [1.82, 2.24) is 0 Å². The fourth-order valence-electron chi connectivity index (χ4n) is 0. The molecule has 0 aliphatic heterocycles. The van der Waals surface area contributed by atoms with E-state index in [0.29, 0.717) is 0 Å². The molecule has 0 saturated carbocycles. The van der Waals surface area contributed by atoms with E-state index in [4.69, 9.17) is 0 Å². The minimum Gasteiger partial charge on any atom is -1.00 e. The normalized spacial score (nSPS) is 0. The Labute approximate surface area is 43.1 Å². The molecule has 0 rings (SSSR count). The summed E-state index contributed by atoms with van der Waals surface area (Å²) in [6.45, 7) is 0. The number of hydrogen-bond donors (Lipinski definition) is 0. The third-order valence-corrected chi connectivity index (χ3v) is 0. The third kappa shape index (κ3) is 17.2. The van der Waals surface area contributed by atoms with Crippen molar-refractivity contribution in [3.63, 3.8) is 0 Å². The molecule has 3 nitrogen and oxygen atoms in total. The van der Waals surface area contributed by atoms with Crippen molar-refractivity contribution in [2.45, 2.75) is 0 Å². The van der Waals surface area contributed by atoms with Crippen molar-refractivity contribution in [3.8, 4) is 0 Å². The van der Waals surface area contributed by atoms with Gasteiger partial charge in [-0.2, -0.15) is 0 Å². The maximum absolute atomic E-state index is 0. The molecule has 28 valence electrons. The molecule has 0 saturated heterocycles. The van der Waals surface area contributed by atoms with Gasteiger partial charge >= 0.3 is 23.1 Å². The Hall–Kier alpha value is 0.646. The SMILES string of the molecule is O.O.O.[H-].[H-].[Mg+2]. The molecule has 4 heavy (non-hydrogen) atoms. The molecule has 6 N–H and O–H groups in total. The first-order chi connectivity index (χ1) is 0. The smallest absolute Gasteiger partial charge is 1.00 e. The van der Waals surface area contributed by atoms with E-state index >= 15 is 0 Å². The first-order valence-corrected chi connectivity index (χ1v) is 0. The Bertz CT molecular complexity index is 8.75. The standard InChI is InChI=1S/Mg.3H2O.2H/h;3*1H2;;/q+2;;;;2*-1. The molecule has 0 atom stereocenters. The summed E-state index contributed by atoms with van der Waals surface area (Å²) in [5.41, 5.74) is 0. The Morgan fingerprint density at radius 1 is 0.750 bits per heavy atom. The Morgan fingerprint density at radius 3 is 0.750 bits per heavy atom. The van der Waals surface area contributed by atoms with Crippen LogP contribution in [0.15, 0.2) is 0 Å². The van der Waals surface area contributed by atoms with Crippen molar-refractivity contribution >= 4 is 23.1 Å². The predicted octanol–water partition coefficient (Wildman–Crippen LogP) is -2.63. The molecule has 0 amide bonds. The monoisotopic (exact) mass is 80.0 g/mol. The van der Waals surface area contributed by atoms with Crippen molar-refractivity contribution in [2.24, 2.45) is 0 Å². The summed E-state index contributed by atoms with van der Waals surface area (Å²) in [5.74, 6) is 0. The Kier molecular flexibility index (Phi) is 2260. The molecule has 0 fully saturated rings. The van der Waals surface area contributed by atoms with Gasteiger partial charge in [0.2, 0.25) is 0 Å². The van der Waals surface area contributed by atoms with Gasteiger partial charge in [-0.3, -0.25) is 0 Å². The summed E-state index contributed by atoms with van der Waals surface area (Å²) < 4.78 is 0. The molecule has 0 unspecified atom stereocenters. The Balaban J connectivity index is 0. The summed E-state index contributed by atoms with van der Waals surface area (Å²) in [6.07, 6.45) is 0. The van der Waals surface area contributed by atoms with E-state index in [1.54, 1.807) is 0 Å². The van der Waals surface area contributed by atoms with E-state index in [1.165, 1.54) is 0 Å². The van der Waals surface area contributed by atoms with Crippen molar-refractivity contribution < 1.29 is 19.3 Å². The molecule has 0 aliphatic carbocycles. The second-order valence-electron chi connectivity index (χ2n) is 0. The topological polar surface area (TPSA) is 94.5 Å². The zero-order chi connectivity index (χ0) is 0. The Morgan fingerprint density at radius 2 is 0.750 bits per heavy atom. The van der Waals surface area contributed by atoms with Crippen LogP contribution >= 0.6 is 0 Å². The molecule has 0 spiro atoms. The van der Waals surface area contributed by atoms with E-state index in [1.807, 2.05) is 0 Å². The van der Waals surface area contributed by atoms with Crippen LogP contribution in [0.25, 0.3) is 0 Å². The molecule has 0 aromatic rings. The molecule has 0 aromatic heterocycles. The van der Waals surface area contributed by atoms with Gasteiger partial charge in [-0.15, -0.1) is 0 Å². The van der Waals surface area contributed by atoms with Crippen molar-refractivity contribution in [2.75, 3.05) is 0 Å². The second-order valence-corrected chi connectivity index (χ2v) is 0. The first-order valence-electron chi connectivity index (χ1n) is 0. The summed E-state index contributed by atoms with van der Waals surface area (Å²) in [4.78, 5) is 0. The summed E-state index contributed by atoms with van der Waals surface area (Å²) >= 11 is 0. The van der Waals surface area contributed by atoms with Gasteiger partial charge in [0.25, 0.3) is 0 Å². The van der Waals surface area contributed by atoms with Gasteiger partial charge in [0.15, 0.2) is 0 Å². The van der Waals surface area contributed by atoms with Gasteiger partial charge in [0, 0.05) is 0 Å². The zero-order valence-electron chi connectivity index (χ0n) is 4.21. The summed E-state index contributed by atoms with van der Waals surface area (Å²) in [7, 11) is 0. The van der Waals surface area contributed by atoms with E-state index in [0.717, 1.165) is 0 Å². The van der Waals surface area contributed by atoms with Crippen LogP contribution in [-0.4, -0.2) is 39.5 Å². The number of hydrogen-bond acceptors (Lipinski definition) is 0.